The van der Waals surface area contributed by atoms with Gasteiger partial charge in [-0.3, -0.25) is 0 Å². The van der Waals surface area contributed by atoms with E-state index in [2.05, 4.69) is 5.43 Å². The highest BCUT2D eigenvalue weighted by molar-refractivity contribution is 5.67. The quantitative estimate of drug-likeness (QED) is 0.828. The minimum absolute atomic E-state index is 0.211. The monoisotopic (exact) mass is 220 g/mol. The fraction of sp³-hybridized carbons (Fsp3) is 0.417. The Morgan fingerprint density at radius 2 is 2.25 bits per heavy atom. The Morgan fingerprint density at radius 1 is 1.50 bits per heavy atom. The summed E-state index contributed by atoms with van der Waals surface area (Å²) >= 11 is 0. The van der Waals surface area contributed by atoms with E-state index in [1.165, 1.54) is 0 Å². The smallest absolute Gasteiger partial charge is 0.424 e. The number of hydrazine groups is 1. The zero-order chi connectivity index (χ0) is 11.4. The molecule has 0 bridgehead atoms. The Hall–Kier alpha value is -1.55. The third-order valence-electron chi connectivity index (χ3n) is 2.69. The predicted molar refractivity (Wildman–Crippen MR) is 60.5 cm³/mol. The minimum atomic E-state index is -0.297. The van der Waals surface area contributed by atoms with Crippen LogP contribution in [0.2, 0.25) is 0 Å². The highest BCUT2D eigenvalue weighted by Gasteiger charge is 2.25. The van der Waals surface area contributed by atoms with Crippen molar-refractivity contribution < 1.29 is 9.53 Å². The number of hydrogen-bond donors (Lipinski definition) is 1. The molecule has 0 aromatic heterocycles. The number of rotatable bonds is 2. The maximum atomic E-state index is 11.7. The first-order valence-corrected chi connectivity index (χ1v) is 5.51. The molecule has 1 atom stereocenters. The van der Waals surface area contributed by atoms with E-state index in [0.29, 0.717) is 6.61 Å². The standard InChI is InChI=1S/C12H16N2O2/c1-10-7-8-13-14(10)12(15)16-9-11-5-3-2-4-6-11/h2-6,10,13H,7-9H2,1H3. The van der Waals surface area contributed by atoms with Gasteiger partial charge < -0.3 is 4.74 Å². The van der Waals surface area contributed by atoms with Gasteiger partial charge in [-0.25, -0.2) is 15.2 Å². The van der Waals surface area contributed by atoms with Gasteiger partial charge >= 0.3 is 6.09 Å². The van der Waals surface area contributed by atoms with Gasteiger partial charge in [0.1, 0.15) is 6.61 Å². The van der Waals surface area contributed by atoms with Gasteiger partial charge in [-0.15, -0.1) is 0 Å². The van der Waals surface area contributed by atoms with E-state index in [1.54, 1.807) is 5.01 Å². The van der Waals surface area contributed by atoms with Crippen LogP contribution in [0, 0.1) is 0 Å². The molecule has 2 rings (SSSR count). The molecule has 0 aliphatic carbocycles. The lowest BCUT2D eigenvalue weighted by atomic mass is 10.2. The van der Waals surface area contributed by atoms with E-state index < -0.39 is 0 Å². The van der Waals surface area contributed by atoms with Crippen molar-refractivity contribution in [2.24, 2.45) is 0 Å². The number of amides is 1. The Bertz CT molecular complexity index is 353. The van der Waals surface area contributed by atoms with Crippen LogP contribution in [-0.4, -0.2) is 23.7 Å². The third-order valence-corrected chi connectivity index (χ3v) is 2.69. The zero-order valence-electron chi connectivity index (χ0n) is 9.35. The molecule has 0 saturated carbocycles. The van der Waals surface area contributed by atoms with Crippen molar-refractivity contribution in [1.82, 2.24) is 10.4 Å². The highest BCUT2D eigenvalue weighted by Crippen LogP contribution is 2.10. The van der Waals surface area contributed by atoms with Crippen LogP contribution >= 0.6 is 0 Å². The molecule has 1 heterocycles. The van der Waals surface area contributed by atoms with Crippen molar-refractivity contribution in [3.63, 3.8) is 0 Å². The van der Waals surface area contributed by atoms with Crippen LogP contribution in [0.3, 0.4) is 0 Å². The third kappa shape index (κ3) is 2.52. The first-order valence-electron chi connectivity index (χ1n) is 5.51. The van der Waals surface area contributed by atoms with Crippen molar-refractivity contribution in [1.29, 1.82) is 0 Å². The van der Waals surface area contributed by atoms with Gasteiger partial charge in [0.05, 0.1) is 6.04 Å². The molecular formula is C12H16N2O2. The summed E-state index contributed by atoms with van der Waals surface area (Å²) in [5.41, 5.74) is 4.00. The molecule has 16 heavy (non-hydrogen) atoms. The van der Waals surface area contributed by atoms with Crippen LogP contribution in [0.25, 0.3) is 0 Å². The van der Waals surface area contributed by atoms with Crippen LogP contribution in [0.4, 0.5) is 4.79 Å². The molecule has 0 spiro atoms. The second-order valence-corrected chi connectivity index (χ2v) is 3.96. The fourth-order valence-electron chi connectivity index (χ4n) is 1.71. The van der Waals surface area contributed by atoms with E-state index in [-0.39, 0.29) is 12.1 Å². The summed E-state index contributed by atoms with van der Waals surface area (Å²) in [6, 6.07) is 9.89. The average molecular weight is 220 g/mol. The Kier molecular flexibility index (Phi) is 3.41. The van der Waals surface area contributed by atoms with Crippen LogP contribution < -0.4 is 5.43 Å². The van der Waals surface area contributed by atoms with Gasteiger partial charge in [0.25, 0.3) is 0 Å². The maximum absolute atomic E-state index is 11.7. The van der Waals surface area contributed by atoms with E-state index >= 15 is 0 Å². The summed E-state index contributed by atoms with van der Waals surface area (Å²) in [6.45, 7) is 3.16. The van der Waals surface area contributed by atoms with E-state index in [1.807, 2.05) is 37.3 Å². The number of nitrogens with zero attached hydrogens (tertiary/aromatic N) is 1. The fourth-order valence-corrected chi connectivity index (χ4v) is 1.71. The molecule has 1 unspecified atom stereocenters. The number of nitrogens with one attached hydrogen (secondary N) is 1. The predicted octanol–water partition coefficient (Wildman–Crippen LogP) is 1.92. The molecule has 1 fully saturated rings. The SMILES string of the molecule is CC1CCNN1C(=O)OCc1ccccc1. The Morgan fingerprint density at radius 3 is 2.88 bits per heavy atom. The molecule has 1 N–H and O–H groups in total. The summed E-state index contributed by atoms with van der Waals surface area (Å²) < 4.78 is 5.21. The van der Waals surface area contributed by atoms with E-state index in [4.69, 9.17) is 4.74 Å². The lowest BCUT2D eigenvalue weighted by Gasteiger charge is -2.20. The summed E-state index contributed by atoms with van der Waals surface area (Å²) in [4.78, 5) is 11.7. The van der Waals surface area contributed by atoms with Gasteiger partial charge in [-0.05, 0) is 18.9 Å². The second-order valence-electron chi connectivity index (χ2n) is 3.96. The lowest BCUT2D eigenvalue weighted by Crippen LogP contribution is -2.41. The number of benzene rings is 1. The Balaban J connectivity index is 1.84. The first kappa shape index (κ1) is 11.0. The normalized spacial score (nSPS) is 19.8. The lowest BCUT2D eigenvalue weighted by molar-refractivity contribution is 0.0782. The molecule has 4 nitrogen and oxygen atoms in total. The molecule has 1 aromatic carbocycles. The molecule has 1 aliphatic rings. The molecule has 1 saturated heterocycles. The van der Waals surface area contributed by atoms with E-state index in [0.717, 1.165) is 18.5 Å². The first-order chi connectivity index (χ1) is 7.77. The maximum Gasteiger partial charge on any atom is 0.424 e. The number of carbonyl (C=O) groups is 1. The summed E-state index contributed by atoms with van der Waals surface area (Å²) in [6.07, 6.45) is 0.675. The van der Waals surface area contributed by atoms with Gasteiger partial charge in [-0.1, -0.05) is 30.3 Å². The molecular weight excluding hydrogens is 204 g/mol. The Labute approximate surface area is 95.2 Å². The summed E-state index contributed by atoms with van der Waals surface area (Å²) in [5.74, 6) is 0. The number of ether oxygens (including phenoxy) is 1. The van der Waals surface area contributed by atoms with Crippen molar-refractivity contribution in [3.05, 3.63) is 35.9 Å². The largest absolute Gasteiger partial charge is 0.444 e. The zero-order valence-corrected chi connectivity index (χ0v) is 9.35. The average Bonchev–Trinajstić information content (AvgIpc) is 2.74. The highest BCUT2D eigenvalue weighted by atomic mass is 16.6. The minimum Gasteiger partial charge on any atom is -0.444 e. The number of hydrogen-bond acceptors (Lipinski definition) is 3. The van der Waals surface area contributed by atoms with Gasteiger partial charge in [-0.2, -0.15) is 0 Å². The van der Waals surface area contributed by atoms with Gasteiger partial charge in [0.15, 0.2) is 0 Å². The van der Waals surface area contributed by atoms with E-state index in [9.17, 15) is 4.79 Å². The van der Waals surface area contributed by atoms with Crippen LogP contribution in [0.5, 0.6) is 0 Å². The van der Waals surface area contributed by atoms with Crippen molar-refractivity contribution in [2.75, 3.05) is 6.54 Å². The molecule has 0 radical (unpaired) electrons. The van der Waals surface area contributed by atoms with Crippen molar-refractivity contribution in [3.8, 4) is 0 Å². The van der Waals surface area contributed by atoms with Crippen LogP contribution in [0.1, 0.15) is 18.9 Å². The summed E-state index contributed by atoms with van der Waals surface area (Å²) in [7, 11) is 0. The van der Waals surface area contributed by atoms with Crippen molar-refractivity contribution in [2.45, 2.75) is 26.0 Å². The second kappa shape index (κ2) is 4.99. The van der Waals surface area contributed by atoms with Crippen LogP contribution in [-0.2, 0) is 11.3 Å². The van der Waals surface area contributed by atoms with Gasteiger partial charge in [0.2, 0.25) is 0 Å². The molecule has 1 aliphatic heterocycles. The topological polar surface area (TPSA) is 41.6 Å². The van der Waals surface area contributed by atoms with Crippen molar-refractivity contribution >= 4 is 6.09 Å². The van der Waals surface area contributed by atoms with Gasteiger partial charge in [0, 0.05) is 6.54 Å². The van der Waals surface area contributed by atoms with Crippen LogP contribution in [0.15, 0.2) is 30.3 Å². The molecule has 1 aromatic rings. The molecule has 4 heteroatoms. The molecule has 1 amide bonds. The molecule has 86 valence electrons. The summed E-state index contributed by atoms with van der Waals surface area (Å²) in [5, 5.41) is 1.56. The number of carbonyl (C=O) groups excluding carboxylic acids is 1.